The van der Waals surface area contributed by atoms with Gasteiger partial charge in [-0.05, 0) is 0 Å². The van der Waals surface area contributed by atoms with Crippen molar-refractivity contribution >= 4 is 617 Å². The van der Waals surface area contributed by atoms with Crippen molar-refractivity contribution in [2.75, 3.05) is 0 Å². The fourth-order valence-corrected chi connectivity index (χ4v) is 15.7. The summed E-state index contributed by atoms with van der Waals surface area (Å²) >= 11 is 0. The molecule has 0 spiro atoms. The molecule has 0 fully saturated rings. The van der Waals surface area contributed by atoms with Gasteiger partial charge in [0.2, 0.25) is 0 Å². The number of hydrogen-bond donors (Lipinski definition) is 0. The predicted molar refractivity (Wildman–Crippen MR) is 504 cm³/mol. The van der Waals surface area contributed by atoms with Gasteiger partial charge in [0.25, 0.3) is 0 Å². The molecule has 0 bridgehead atoms. The Morgan fingerprint density at radius 1 is 0.102 bits per heavy atom. The lowest BCUT2D eigenvalue weighted by Crippen LogP contribution is -2.95. The van der Waals surface area contributed by atoms with Gasteiger partial charge in [0.1, 0.15) is 0 Å². The Morgan fingerprint density at radius 3 is 0.273 bits per heavy atom. The molecule has 0 aromatic heterocycles. The molecule has 90 radical (unpaired) electrons. The average Bonchev–Trinajstić information content (AvgIpc) is 3.29. The van der Waals surface area contributed by atoms with Crippen molar-refractivity contribution in [3.05, 3.63) is 0 Å². The molecule has 87 heteroatoms. The van der Waals surface area contributed by atoms with Crippen molar-refractivity contribution < 1.29 is 0 Å². The molecule has 0 aliphatic heterocycles. The van der Waals surface area contributed by atoms with Crippen LogP contribution in [0.1, 0.15) is 0 Å². The van der Waals surface area contributed by atoms with Crippen molar-refractivity contribution in [3.63, 3.8) is 0 Å². The molecule has 0 unspecified atom stereocenters. The van der Waals surface area contributed by atoms with Crippen molar-refractivity contribution in [3.8, 4) is 0 Å². The first-order valence-corrected chi connectivity index (χ1v) is 29.0. The molecule has 0 rings (SSSR count). The SMILES string of the molecule is [B]B([B])B([B])B(B([B])[B])B(B(B(B([B])[B])B([B])[B])B(B([B])[B])B([B])[B])C(B(B(B(B([B])[B])B([B])[B])B(B([B])[B])B([B])[B])B(B(B([B])[B])B([B])[B])B(B([B])[B])B([B])[B])B(B(B(B([B])[B])B([B])[B])B(B([B])[B])B([B])[B])B(B(B([B])[B])B([B])[B])B(B([B])[B])B([B])[B]. The third-order valence-corrected chi connectivity index (χ3v) is 18.7. The lowest BCUT2D eigenvalue weighted by atomic mass is 8.27. The average molecular weight is 954 g/mol. The van der Waals surface area contributed by atoms with Crippen LogP contribution in [0.25, 0.3) is 0 Å². The lowest BCUT2D eigenvalue weighted by molar-refractivity contribution is 1.80. The van der Waals surface area contributed by atoms with Crippen LogP contribution in [0.4, 0.5) is 0 Å². The van der Waals surface area contributed by atoms with Gasteiger partial charge >= 0.3 is 0 Å². The highest BCUT2D eigenvalue weighted by atomic mass is 13.7. The number of hydrogen-bond acceptors (Lipinski definition) is 0. The summed E-state index contributed by atoms with van der Waals surface area (Å²) in [6.45, 7) is -6.00. The lowest BCUT2D eigenvalue weighted by Gasteiger charge is -2.63. The largest absolute Gasteiger partial charge is 0.146 e. The minimum atomic E-state index is -2.10. The smallest absolute Gasteiger partial charge is 0.0294 e. The van der Waals surface area contributed by atoms with E-state index in [1.807, 2.05) is 0 Å². The summed E-state index contributed by atoms with van der Waals surface area (Å²) in [7, 11) is 314. The predicted octanol–water partition coefficient (Wildman–Crippen LogP) is -32.8. The molecule has 0 N–H and O–H groups in total. The zero-order valence-electron chi connectivity index (χ0n) is 50.8. The molecule has 0 nitrogen and oxygen atoms in total. The summed E-state index contributed by atoms with van der Waals surface area (Å²) in [5.41, 5.74) is -2.10. The van der Waals surface area contributed by atoms with Gasteiger partial charge < -0.3 is 0 Å². The van der Waals surface area contributed by atoms with Crippen molar-refractivity contribution in [1.29, 1.82) is 0 Å². The third-order valence-electron chi connectivity index (χ3n) is 18.7. The highest BCUT2D eigenvalue weighted by Crippen LogP contribution is 2.37. The van der Waals surface area contributed by atoms with E-state index in [0.29, 0.717) is 0 Å². The highest BCUT2D eigenvalue weighted by molar-refractivity contribution is 8.31. The molecular weight excluding hydrogens is 953 g/mol. The summed E-state index contributed by atoms with van der Waals surface area (Å²) in [4.78, 5) is 0. The second kappa shape index (κ2) is 42.9. The van der Waals surface area contributed by atoms with Gasteiger partial charge in [0.15, 0.2) is 0 Å². The molecule has 0 aliphatic carbocycles. The maximum atomic E-state index is 7.40. The van der Waals surface area contributed by atoms with Gasteiger partial charge in [-0.1, -0.05) is 0 Å². The van der Waals surface area contributed by atoms with Crippen LogP contribution in [0.15, 0.2) is 0 Å². The van der Waals surface area contributed by atoms with E-state index < -0.39 is 274 Å². The first-order valence-electron chi connectivity index (χ1n) is 29.0. The Kier molecular flexibility index (Phi) is 45.7. The summed E-state index contributed by atoms with van der Waals surface area (Å²) in [6, 6.07) is 0. The van der Waals surface area contributed by atoms with E-state index in [-0.39, 0.29) is 0 Å². The van der Waals surface area contributed by atoms with Crippen LogP contribution in [0.5, 0.6) is 0 Å². The normalized spacial score (nSPS) is 9.92. The van der Waals surface area contributed by atoms with E-state index in [1.54, 1.807) is 0 Å². The van der Waals surface area contributed by atoms with Crippen LogP contribution in [0.2, 0.25) is 5.62 Å². The van der Waals surface area contributed by atoms with Gasteiger partial charge in [-0.2, -0.15) is 0 Å². The fraction of sp³-hybridized carbons (Fsp3) is 1.00. The maximum Gasteiger partial charge on any atom is 0.0294 e. The van der Waals surface area contributed by atoms with Crippen LogP contribution in [-0.2, 0) is 0 Å². The monoisotopic (exact) mass is 971 g/mol. The van der Waals surface area contributed by atoms with Crippen molar-refractivity contribution in [2.45, 2.75) is 5.62 Å². The molecule has 0 atom stereocenters. The van der Waals surface area contributed by atoms with E-state index >= 15 is 0 Å². The Hall–Kier alpha value is 5.65. The van der Waals surface area contributed by atoms with Crippen molar-refractivity contribution in [2.24, 2.45) is 0 Å². The summed E-state index contributed by atoms with van der Waals surface area (Å²) < 4.78 is 0. The standard InChI is InChI=1S/CHB87/c2-50(3)72(46)73(51(4)5)47(74(79(52(6)7)53(8)9)80(54(10)11)55(12)13)1(48(75(81(56(14)15)57(16)17)82(58(18)19)59(20)21)76(83(60(22)23)61(24)25)84(62(26)27)63(28)29)49(77(85(64(30)31)65(32)33)86(66(34)35)67(36)37)78(87(68(38)39)69(40)41)88(70(42)43)71(44)45/h1H. The first kappa shape index (κ1) is 93.6. The molecule has 266 valence electrons. The Labute approximate surface area is 616 Å². The van der Waals surface area contributed by atoms with E-state index in [4.69, 9.17) is 348 Å². The molecular formula is CHB87. The number of rotatable bonds is 42. The van der Waals surface area contributed by atoms with Crippen LogP contribution < -0.4 is 0 Å². The summed E-state index contributed by atoms with van der Waals surface area (Å²) in [5.74, 6) is 0. The molecule has 0 heterocycles. The van der Waals surface area contributed by atoms with Gasteiger partial charge in [0.05, 0.1) is 0 Å². The fourth-order valence-electron chi connectivity index (χ4n) is 15.7. The Balaban J connectivity index is 13.5. The van der Waals surface area contributed by atoms with Gasteiger partial charge in [0, 0.05) is 617 Å². The minimum Gasteiger partial charge on any atom is -0.146 e. The third kappa shape index (κ3) is 25.0. The van der Waals surface area contributed by atoms with E-state index in [0.717, 1.165) is 0 Å². The quantitative estimate of drug-likeness (QED) is 0.0535. The topological polar surface area (TPSA) is 0 Å². The summed E-state index contributed by atoms with van der Waals surface area (Å²) in [5, 5.41) is 0. The first-order chi connectivity index (χ1) is 40.0. The van der Waals surface area contributed by atoms with Gasteiger partial charge in [-0.25, -0.2) is 0 Å². The maximum absolute atomic E-state index is 7.40. The van der Waals surface area contributed by atoms with E-state index in [2.05, 4.69) is 0 Å². The Morgan fingerprint density at radius 2 is 0.193 bits per heavy atom. The minimum absolute atomic E-state index is 1.66. The molecule has 0 aromatic rings. The molecule has 0 aromatic carbocycles. The van der Waals surface area contributed by atoms with Crippen molar-refractivity contribution in [1.82, 2.24) is 0 Å². The Bertz CT molecular complexity index is 1410. The zero-order valence-corrected chi connectivity index (χ0v) is 50.8. The van der Waals surface area contributed by atoms with E-state index in [1.165, 1.54) is 0 Å². The molecule has 0 saturated carbocycles. The second-order valence-corrected chi connectivity index (χ2v) is 24.8. The summed E-state index contributed by atoms with van der Waals surface area (Å²) in [6.07, 6.45) is -68.2. The molecule has 0 aliphatic rings. The van der Waals surface area contributed by atoms with E-state index in [9.17, 15) is 0 Å². The zero-order chi connectivity index (χ0) is 69.8. The highest BCUT2D eigenvalue weighted by Gasteiger charge is 2.66. The second-order valence-electron chi connectivity index (χ2n) is 24.8. The molecule has 0 amide bonds. The molecule has 88 heavy (non-hydrogen) atoms. The van der Waals surface area contributed by atoms with Crippen LogP contribution in [-0.4, -0.2) is 617 Å². The molecule has 0 saturated heterocycles. The van der Waals surface area contributed by atoms with Crippen LogP contribution in [0.3, 0.4) is 0 Å². The van der Waals surface area contributed by atoms with Crippen LogP contribution >= 0.6 is 0 Å². The van der Waals surface area contributed by atoms with Gasteiger partial charge in [-0.3, -0.25) is 0 Å². The van der Waals surface area contributed by atoms with Crippen LogP contribution in [0, 0.1) is 0 Å². The van der Waals surface area contributed by atoms with Gasteiger partial charge in [-0.15, -0.1) is 5.62 Å².